The third-order valence-corrected chi connectivity index (χ3v) is 2.94. The van der Waals surface area contributed by atoms with Gasteiger partial charge >= 0.3 is 7.12 Å². The molecule has 2 N–H and O–H groups in total. The van der Waals surface area contributed by atoms with Gasteiger partial charge < -0.3 is 14.8 Å². The molecule has 1 heterocycles. The van der Waals surface area contributed by atoms with Crippen molar-refractivity contribution >= 4 is 12.6 Å². The van der Waals surface area contributed by atoms with E-state index in [0.717, 1.165) is 19.6 Å². The third-order valence-electron chi connectivity index (χ3n) is 2.94. The van der Waals surface area contributed by atoms with Crippen molar-refractivity contribution < 1.29 is 14.8 Å². The van der Waals surface area contributed by atoms with E-state index in [9.17, 15) is 0 Å². The first-order valence-electron chi connectivity index (χ1n) is 5.39. The summed E-state index contributed by atoms with van der Waals surface area (Å²) in [5.74, 6) is 0. The molecule has 1 saturated heterocycles. The van der Waals surface area contributed by atoms with E-state index >= 15 is 0 Å². The summed E-state index contributed by atoms with van der Waals surface area (Å²) in [6.07, 6.45) is 0.374. The zero-order chi connectivity index (χ0) is 11.5. The van der Waals surface area contributed by atoms with Gasteiger partial charge in [-0.3, -0.25) is 4.90 Å². The predicted molar refractivity (Wildman–Crippen MR) is 62.3 cm³/mol. The lowest BCUT2D eigenvalue weighted by Crippen LogP contribution is -2.50. The summed E-state index contributed by atoms with van der Waals surface area (Å²) < 4.78 is 5.20. The molecule has 1 fully saturated rings. The Labute approximate surface area is 95.6 Å². The summed E-state index contributed by atoms with van der Waals surface area (Å²) in [4.78, 5) is 2.29. The van der Waals surface area contributed by atoms with Crippen molar-refractivity contribution in [3.8, 4) is 0 Å². The SMILES string of the molecule is COC1CN(Cc2ccc(B(O)O)cc2)C1. The third kappa shape index (κ3) is 2.62. The maximum atomic E-state index is 8.95. The molecule has 1 aliphatic heterocycles. The summed E-state index contributed by atoms with van der Waals surface area (Å²) in [6.45, 7) is 2.84. The minimum absolute atomic E-state index is 0.374. The van der Waals surface area contributed by atoms with Gasteiger partial charge in [-0.05, 0) is 11.0 Å². The van der Waals surface area contributed by atoms with Crippen LogP contribution >= 0.6 is 0 Å². The van der Waals surface area contributed by atoms with Crippen LogP contribution in [-0.4, -0.2) is 48.4 Å². The second-order valence-electron chi connectivity index (χ2n) is 4.17. The maximum absolute atomic E-state index is 8.95. The van der Waals surface area contributed by atoms with Crippen molar-refractivity contribution in [3.05, 3.63) is 29.8 Å². The van der Waals surface area contributed by atoms with Crippen molar-refractivity contribution in [2.45, 2.75) is 12.6 Å². The predicted octanol–water partition coefficient (Wildman–Crippen LogP) is -0.803. The van der Waals surface area contributed by atoms with Crippen LogP contribution in [0.5, 0.6) is 0 Å². The second kappa shape index (κ2) is 4.97. The van der Waals surface area contributed by atoms with E-state index in [1.54, 1.807) is 19.2 Å². The fraction of sp³-hybridized carbons (Fsp3) is 0.455. The van der Waals surface area contributed by atoms with E-state index in [4.69, 9.17) is 14.8 Å². The summed E-state index contributed by atoms with van der Waals surface area (Å²) in [6, 6.07) is 7.34. The van der Waals surface area contributed by atoms with Gasteiger partial charge in [-0.2, -0.15) is 0 Å². The molecule has 0 saturated carbocycles. The van der Waals surface area contributed by atoms with Crippen LogP contribution in [0.2, 0.25) is 0 Å². The zero-order valence-electron chi connectivity index (χ0n) is 9.34. The average Bonchev–Trinajstić information content (AvgIpc) is 2.23. The van der Waals surface area contributed by atoms with Crippen LogP contribution in [0, 0.1) is 0 Å². The zero-order valence-corrected chi connectivity index (χ0v) is 9.34. The lowest BCUT2D eigenvalue weighted by molar-refractivity contribution is -0.0333. The molecule has 16 heavy (non-hydrogen) atoms. The van der Waals surface area contributed by atoms with E-state index in [1.807, 2.05) is 12.1 Å². The first kappa shape index (κ1) is 11.6. The van der Waals surface area contributed by atoms with Crippen LogP contribution in [0.25, 0.3) is 0 Å². The number of benzene rings is 1. The molecule has 0 bridgehead atoms. The van der Waals surface area contributed by atoms with Gasteiger partial charge in [-0.1, -0.05) is 24.3 Å². The van der Waals surface area contributed by atoms with Gasteiger partial charge in [0.05, 0.1) is 6.10 Å². The molecule has 0 amide bonds. The number of hydrogen-bond acceptors (Lipinski definition) is 4. The molecule has 5 heteroatoms. The Morgan fingerprint density at radius 3 is 2.44 bits per heavy atom. The Morgan fingerprint density at radius 2 is 1.94 bits per heavy atom. The Kier molecular flexibility index (Phi) is 3.61. The minimum atomic E-state index is -1.38. The van der Waals surface area contributed by atoms with Gasteiger partial charge in [0.2, 0.25) is 0 Å². The number of methoxy groups -OCH3 is 1. The highest BCUT2D eigenvalue weighted by atomic mass is 16.5. The molecule has 1 aromatic rings. The maximum Gasteiger partial charge on any atom is 0.488 e. The monoisotopic (exact) mass is 221 g/mol. The fourth-order valence-corrected chi connectivity index (χ4v) is 1.85. The summed E-state index contributed by atoms with van der Waals surface area (Å²) >= 11 is 0. The van der Waals surface area contributed by atoms with Gasteiger partial charge in [-0.15, -0.1) is 0 Å². The van der Waals surface area contributed by atoms with E-state index in [0.29, 0.717) is 11.6 Å². The Bertz CT molecular complexity index is 336. The number of hydrogen-bond donors (Lipinski definition) is 2. The van der Waals surface area contributed by atoms with Crippen LogP contribution in [0.3, 0.4) is 0 Å². The second-order valence-corrected chi connectivity index (χ2v) is 4.17. The number of nitrogens with zero attached hydrogens (tertiary/aromatic N) is 1. The normalized spacial score (nSPS) is 17.2. The Hall–Kier alpha value is -0.875. The van der Waals surface area contributed by atoms with Crippen LogP contribution in [0.15, 0.2) is 24.3 Å². The van der Waals surface area contributed by atoms with Gasteiger partial charge in [0, 0.05) is 26.7 Å². The van der Waals surface area contributed by atoms with Crippen LogP contribution in [0.1, 0.15) is 5.56 Å². The van der Waals surface area contributed by atoms with Gasteiger partial charge in [-0.25, -0.2) is 0 Å². The molecule has 0 aromatic heterocycles. The first-order valence-corrected chi connectivity index (χ1v) is 5.39. The Balaban J connectivity index is 1.86. The van der Waals surface area contributed by atoms with E-state index < -0.39 is 7.12 Å². The highest BCUT2D eigenvalue weighted by Crippen LogP contribution is 2.14. The molecule has 1 aromatic carbocycles. The first-order chi connectivity index (χ1) is 7.69. The largest absolute Gasteiger partial charge is 0.488 e. The van der Waals surface area contributed by atoms with Crippen LogP contribution < -0.4 is 5.46 Å². The lowest BCUT2D eigenvalue weighted by Gasteiger charge is -2.38. The number of likely N-dealkylation sites (tertiary alicyclic amines) is 1. The molecule has 0 unspecified atom stereocenters. The number of ether oxygens (including phenoxy) is 1. The minimum Gasteiger partial charge on any atom is -0.423 e. The van der Waals surface area contributed by atoms with Gasteiger partial charge in [0.15, 0.2) is 0 Å². The molecule has 2 rings (SSSR count). The molecule has 0 radical (unpaired) electrons. The fourth-order valence-electron chi connectivity index (χ4n) is 1.85. The molecule has 0 aliphatic carbocycles. The molecule has 86 valence electrons. The van der Waals surface area contributed by atoms with E-state index in [1.165, 1.54) is 5.56 Å². The smallest absolute Gasteiger partial charge is 0.423 e. The highest BCUT2D eigenvalue weighted by Gasteiger charge is 2.25. The summed E-state index contributed by atoms with van der Waals surface area (Å²) in [7, 11) is 0.357. The summed E-state index contributed by atoms with van der Waals surface area (Å²) in [5.41, 5.74) is 1.71. The van der Waals surface area contributed by atoms with Crippen molar-refractivity contribution in [1.82, 2.24) is 4.90 Å². The van der Waals surface area contributed by atoms with Crippen molar-refractivity contribution in [2.75, 3.05) is 20.2 Å². The molecular weight excluding hydrogens is 205 g/mol. The lowest BCUT2D eigenvalue weighted by atomic mass is 9.80. The van der Waals surface area contributed by atoms with E-state index in [-0.39, 0.29) is 0 Å². The summed E-state index contributed by atoms with van der Waals surface area (Å²) in [5, 5.41) is 17.9. The molecule has 0 spiro atoms. The van der Waals surface area contributed by atoms with Crippen LogP contribution in [-0.2, 0) is 11.3 Å². The molecule has 0 atom stereocenters. The molecular formula is C11H16BNO3. The average molecular weight is 221 g/mol. The topological polar surface area (TPSA) is 52.9 Å². The quantitative estimate of drug-likeness (QED) is 0.653. The van der Waals surface area contributed by atoms with E-state index in [2.05, 4.69) is 4.90 Å². The van der Waals surface area contributed by atoms with Crippen molar-refractivity contribution in [3.63, 3.8) is 0 Å². The standard InChI is InChI=1S/C11H16BNO3/c1-16-11-7-13(8-11)6-9-2-4-10(5-3-9)12(14)15/h2-5,11,14-15H,6-8H2,1H3. The molecule has 4 nitrogen and oxygen atoms in total. The molecule has 1 aliphatic rings. The Morgan fingerprint density at radius 1 is 1.31 bits per heavy atom. The van der Waals surface area contributed by atoms with Gasteiger partial charge in [0.25, 0.3) is 0 Å². The van der Waals surface area contributed by atoms with Crippen LogP contribution in [0.4, 0.5) is 0 Å². The van der Waals surface area contributed by atoms with Crippen molar-refractivity contribution in [1.29, 1.82) is 0 Å². The van der Waals surface area contributed by atoms with Crippen molar-refractivity contribution in [2.24, 2.45) is 0 Å². The van der Waals surface area contributed by atoms with Gasteiger partial charge in [0.1, 0.15) is 0 Å². The number of rotatable bonds is 4. The highest BCUT2D eigenvalue weighted by molar-refractivity contribution is 6.58.